The molecule has 0 bridgehead atoms. The van der Waals surface area contributed by atoms with Crippen LogP contribution in [0.1, 0.15) is 33.1 Å². The molecule has 1 aliphatic heterocycles. The average molecular weight is 219 g/mol. The zero-order valence-corrected chi connectivity index (χ0v) is 9.94. The quantitative estimate of drug-likeness (QED) is 0.776. The molecule has 0 spiro atoms. The van der Waals surface area contributed by atoms with Crippen LogP contribution in [0.15, 0.2) is 0 Å². The lowest BCUT2D eigenvalue weighted by Crippen LogP contribution is -2.27. The zero-order valence-electron chi connectivity index (χ0n) is 9.12. The van der Waals surface area contributed by atoms with Gasteiger partial charge in [0.25, 0.3) is 0 Å². The van der Waals surface area contributed by atoms with Crippen molar-refractivity contribution in [1.82, 2.24) is 5.32 Å². The SMILES string of the molecule is CC(C)CS(=O)(=O)C1CCCNCC1. The minimum atomic E-state index is -2.85. The molecule has 1 N–H and O–H groups in total. The highest BCUT2D eigenvalue weighted by atomic mass is 32.2. The number of hydrogen-bond donors (Lipinski definition) is 1. The summed E-state index contributed by atoms with van der Waals surface area (Å²) < 4.78 is 23.8. The summed E-state index contributed by atoms with van der Waals surface area (Å²) >= 11 is 0. The second kappa shape index (κ2) is 5.12. The summed E-state index contributed by atoms with van der Waals surface area (Å²) in [6.45, 7) is 5.74. The molecule has 0 aromatic carbocycles. The van der Waals surface area contributed by atoms with Gasteiger partial charge >= 0.3 is 0 Å². The normalized spacial score (nSPS) is 24.9. The molecule has 84 valence electrons. The number of nitrogens with one attached hydrogen (secondary N) is 1. The lowest BCUT2D eigenvalue weighted by Gasteiger charge is -2.16. The molecule has 0 radical (unpaired) electrons. The van der Waals surface area contributed by atoms with Gasteiger partial charge in [0, 0.05) is 0 Å². The first-order valence-electron chi connectivity index (χ1n) is 5.44. The van der Waals surface area contributed by atoms with E-state index in [1.807, 2.05) is 13.8 Å². The van der Waals surface area contributed by atoms with E-state index in [0.717, 1.165) is 32.4 Å². The van der Waals surface area contributed by atoms with Crippen molar-refractivity contribution < 1.29 is 8.42 Å². The number of sulfone groups is 1. The maximum absolute atomic E-state index is 11.9. The minimum absolute atomic E-state index is 0.0973. The van der Waals surface area contributed by atoms with Crippen LogP contribution in [0.3, 0.4) is 0 Å². The Morgan fingerprint density at radius 2 is 2.00 bits per heavy atom. The maximum Gasteiger partial charge on any atom is 0.153 e. The van der Waals surface area contributed by atoms with Crippen LogP contribution in [0.25, 0.3) is 0 Å². The van der Waals surface area contributed by atoms with E-state index in [2.05, 4.69) is 5.32 Å². The first kappa shape index (κ1) is 12.0. The molecule has 0 aromatic rings. The van der Waals surface area contributed by atoms with Crippen LogP contribution < -0.4 is 5.32 Å². The predicted molar refractivity (Wildman–Crippen MR) is 59.1 cm³/mol. The van der Waals surface area contributed by atoms with Gasteiger partial charge in [0.1, 0.15) is 0 Å². The Morgan fingerprint density at radius 3 is 2.64 bits per heavy atom. The lowest BCUT2D eigenvalue weighted by atomic mass is 10.2. The Morgan fingerprint density at radius 1 is 1.29 bits per heavy atom. The molecular weight excluding hydrogens is 198 g/mol. The van der Waals surface area contributed by atoms with Gasteiger partial charge in [-0.15, -0.1) is 0 Å². The Hall–Kier alpha value is -0.0900. The van der Waals surface area contributed by atoms with E-state index in [-0.39, 0.29) is 11.2 Å². The van der Waals surface area contributed by atoms with Gasteiger partial charge < -0.3 is 5.32 Å². The van der Waals surface area contributed by atoms with Gasteiger partial charge in [0.05, 0.1) is 11.0 Å². The van der Waals surface area contributed by atoms with Crippen LogP contribution >= 0.6 is 0 Å². The highest BCUT2D eigenvalue weighted by molar-refractivity contribution is 7.92. The van der Waals surface area contributed by atoms with Gasteiger partial charge in [-0.25, -0.2) is 8.42 Å². The highest BCUT2D eigenvalue weighted by Gasteiger charge is 2.26. The van der Waals surface area contributed by atoms with E-state index in [1.54, 1.807) is 0 Å². The standard InChI is InChI=1S/C10H21NO2S/c1-9(2)8-14(12,13)10-4-3-6-11-7-5-10/h9-11H,3-8H2,1-2H3. The molecule has 4 heteroatoms. The fraction of sp³-hybridized carbons (Fsp3) is 1.00. The second-order valence-electron chi connectivity index (χ2n) is 4.53. The maximum atomic E-state index is 11.9. The molecular formula is C10H21NO2S. The van der Waals surface area contributed by atoms with Crippen molar-refractivity contribution in [3.8, 4) is 0 Å². The molecule has 0 aliphatic carbocycles. The molecule has 1 rings (SSSR count). The van der Waals surface area contributed by atoms with E-state index in [0.29, 0.717) is 5.75 Å². The largest absolute Gasteiger partial charge is 0.317 e. The first-order valence-corrected chi connectivity index (χ1v) is 7.16. The van der Waals surface area contributed by atoms with Crippen LogP contribution in [-0.2, 0) is 9.84 Å². The third kappa shape index (κ3) is 3.58. The fourth-order valence-electron chi connectivity index (χ4n) is 1.95. The topological polar surface area (TPSA) is 46.2 Å². The van der Waals surface area contributed by atoms with E-state index < -0.39 is 9.84 Å². The van der Waals surface area contributed by atoms with E-state index in [4.69, 9.17) is 0 Å². The Kier molecular flexibility index (Phi) is 4.38. The first-order chi connectivity index (χ1) is 6.52. The van der Waals surface area contributed by atoms with Crippen molar-refractivity contribution in [3.63, 3.8) is 0 Å². The molecule has 1 unspecified atom stereocenters. The van der Waals surface area contributed by atoms with E-state index in [1.165, 1.54) is 0 Å². The average Bonchev–Trinajstić information content (AvgIpc) is 2.28. The van der Waals surface area contributed by atoms with Crippen LogP contribution in [0.2, 0.25) is 0 Å². The van der Waals surface area contributed by atoms with Crippen molar-refractivity contribution in [3.05, 3.63) is 0 Å². The molecule has 0 saturated carbocycles. The van der Waals surface area contributed by atoms with Crippen LogP contribution in [-0.4, -0.2) is 32.5 Å². The smallest absolute Gasteiger partial charge is 0.153 e. The molecule has 1 heterocycles. The summed E-state index contributed by atoms with van der Waals surface area (Å²) in [5.41, 5.74) is 0. The van der Waals surface area contributed by atoms with Gasteiger partial charge in [-0.3, -0.25) is 0 Å². The third-order valence-electron chi connectivity index (χ3n) is 2.60. The number of hydrogen-bond acceptors (Lipinski definition) is 3. The van der Waals surface area contributed by atoms with Gasteiger partial charge in [0.2, 0.25) is 0 Å². The van der Waals surface area contributed by atoms with Crippen LogP contribution in [0, 0.1) is 5.92 Å². The Bertz CT molecular complexity index is 251. The second-order valence-corrected chi connectivity index (χ2v) is 6.85. The van der Waals surface area contributed by atoms with Crippen molar-refractivity contribution in [2.45, 2.75) is 38.4 Å². The van der Waals surface area contributed by atoms with Gasteiger partial charge in [-0.05, 0) is 38.3 Å². The van der Waals surface area contributed by atoms with Gasteiger partial charge in [-0.1, -0.05) is 13.8 Å². The Labute approximate surface area is 87.2 Å². The summed E-state index contributed by atoms with van der Waals surface area (Å²) in [5.74, 6) is 0.591. The molecule has 0 aromatic heterocycles. The molecule has 3 nitrogen and oxygen atoms in total. The summed E-state index contributed by atoms with van der Waals surface area (Å²) in [6, 6.07) is 0. The van der Waals surface area contributed by atoms with E-state index in [9.17, 15) is 8.42 Å². The molecule has 1 saturated heterocycles. The summed E-state index contributed by atoms with van der Waals surface area (Å²) in [6.07, 6.45) is 2.61. The van der Waals surface area contributed by atoms with Crippen LogP contribution in [0.4, 0.5) is 0 Å². The van der Waals surface area contributed by atoms with Crippen LogP contribution in [0.5, 0.6) is 0 Å². The summed E-state index contributed by atoms with van der Waals surface area (Å²) in [5, 5.41) is 3.14. The lowest BCUT2D eigenvalue weighted by molar-refractivity contribution is 0.554. The molecule has 1 atom stereocenters. The molecule has 1 aliphatic rings. The molecule has 1 fully saturated rings. The summed E-state index contributed by atoms with van der Waals surface area (Å²) in [4.78, 5) is 0. The predicted octanol–water partition coefficient (Wildman–Crippen LogP) is 1.20. The molecule has 0 amide bonds. The minimum Gasteiger partial charge on any atom is -0.317 e. The summed E-state index contributed by atoms with van der Waals surface area (Å²) in [7, 11) is -2.85. The Balaban J connectivity index is 2.60. The van der Waals surface area contributed by atoms with Crippen molar-refractivity contribution >= 4 is 9.84 Å². The zero-order chi connectivity index (χ0) is 10.6. The number of rotatable bonds is 3. The molecule has 14 heavy (non-hydrogen) atoms. The monoisotopic (exact) mass is 219 g/mol. The third-order valence-corrected chi connectivity index (χ3v) is 5.21. The van der Waals surface area contributed by atoms with Gasteiger partial charge in [-0.2, -0.15) is 0 Å². The van der Waals surface area contributed by atoms with E-state index >= 15 is 0 Å². The highest BCUT2D eigenvalue weighted by Crippen LogP contribution is 2.17. The van der Waals surface area contributed by atoms with Crippen molar-refractivity contribution in [1.29, 1.82) is 0 Å². The van der Waals surface area contributed by atoms with Crippen molar-refractivity contribution in [2.75, 3.05) is 18.8 Å². The van der Waals surface area contributed by atoms with Crippen molar-refractivity contribution in [2.24, 2.45) is 5.92 Å². The van der Waals surface area contributed by atoms with Gasteiger partial charge in [0.15, 0.2) is 9.84 Å². The fourth-order valence-corrected chi connectivity index (χ4v) is 4.15.